The maximum Gasteiger partial charge on any atom is 0.123 e. The normalized spacial score (nSPS) is 17.2. The van der Waals surface area contributed by atoms with Gasteiger partial charge in [-0.1, -0.05) is 30.3 Å². The number of aliphatic hydroxyl groups excluding tert-OH is 1. The topological polar surface area (TPSA) is 36.4 Å². The lowest BCUT2D eigenvalue weighted by molar-refractivity contribution is 0.151. The van der Waals surface area contributed by atoms with Crippen molar-refractivity contribution in [1.82, 2.24) is 9.88 Å². The second kappa shape index (κ2) is 6.69. The van der Waals surface area contributed by atoms with Gasteiger partial charge in [0, 0.05) is 12.1 Å². The first-order chi connectivity index (χ1) is 10.2. The molecule has 0 bridgehead atoms. The molecule has 4 heteroatoms. The van der Waals surface area contributed by atoms with Crippen molar-refractivity contribution >= 4 is 11.3 Å². The molecular weight excluding hydrogens is 280 g/mol. The Morgan fingerprint density at radius 2 is 1.95 bits per heavy atom. The summed E-state index contributed by atoms with van der Waals surface area (Å²) >= 11 is 1.62. The second-order valence-electron chi connectivity index (χ2n) is 5.69. The number of aryl methyl sites for hydroxylation is 1. The number of hydrogen-bond acceptors (Lipinski definition) is 4. The summed E-state index contributed by atoms with van der Waals surface area (Å²) < 4.78 is 0. The highest BCUT2D eigenvalue weighted by atomic mass is 32.1. The van der Waals surface area contributed by atoms with Crippen LogP contribution in [0.5, 0.6) is 0 Å². The van der Waals surface area contributed by atoms with Gasteiger partial charge in [-0.3, -0.25) is 0 Å². The average molecular weight is 302 g/mol. The van der Waals surface area contributed by atoms with Gasteiger partial charge in [0.05, 0.1) is 16.7 Å². The molecule has 1 atom stereocenters. The van der Waals surface area contributed by atoms with E-state index in [1.165, 1.54) is 25.9 Å². The molecule has 0 radical (unpaired) electrons. The van der Waals surface area contributed by atoms with Gasteiger partial charge >= 0.3 is 0 Å². The minimum Gasteiger partial charge on any atom is -0.387 e. The highest BCUT2D eigenvalue weighted by Gasteiger charge is 2.19. The van der Waals surface area contributed by atoms with Crippen LogP contribution >= 0.6 is 11.3 Å². The van der Waals surface area contributed by atoms with Crippen LogP contribution in [-0.4, -0.2) is 34.6 Å². The summed E-state index contributed by atoms with van der Waals surface area (Å²) in [4.78, 5) is 8.09. The Labute approximate surface area is 130 Å². The molecule has 2 aromatic rings. The number of likely N-dealkylation sites (tertiary alicyclic amines) is 1. The first kappa shape index (κ1) is 14.7. The fraction of sp³-hybridized carbons (Fsp3) is 0.471. The van der Waals surface area contributed by atoms with E-state index in [-0.39, 0.29) is 6.10 Å². The van der Waals surface area contributed by atoms with Crippen LogP contribution in [0.4, 0.5) is 0 Å². The summed E-state index contributed by atoms with van der Waals surface area (Å²) in [5, 5.41) is 11.5. The summed E-state index contributed by atoms with van der Waals surface area (Å²) in [6.45, 7) is 5.35. The van der Waals surface area contributed by atoms with Crippen LogP contribution in [0.3, 0.4) is 0 Å². The van der Waals surface area contributed by atoms with Crippen molar-refractivity contribution in [1.29, 1.82) is 0 Å². The van der Waals surface area contributed by atoms with Crippen molar-refractivity contribution in [2.75, 3.05) is 19.6 Å². The Bertz CT molecular complexity index is 576. The third kappa shape index (κ3) is 3.51. The van der Waals surface area contributed by atoms with Crippen LogP contribution in [0.15, 0.2) is 30.3 Å². The van der Waals surface area contributed by atoms with Crippen molar-refractivity contribution in [2.45, 2.75) is 32.3 Å². The predicted octanol–water partition coefficient (Wildman–Crippen LogP) is 3.64. The number of aliphatic hydroxyl groups is 1. The molecule has 1 aromatic carbocycles. The number of nitrogens with zero attached hydrogens (tertiary/aromatic N) is 2. The fourth-order valence-electron chi connectivity index (χ4n) is 2.86. The van der Waals surface area contributed by atoms with E-state index in [4.69, 9.17) is 0 Å². The van der Waals surface area contributed by atoms with Gasteiger partial charge in [0.2, 0.25) is 0 Å². The number of thiazole rings is 1. The molecule has 3 rings (SSSR count). The quantitative estimate of drug-likeness (QED) is 0.916. The average Bonchev–Trinajstić information content (AvgIpc) is 3.15. The zero-order chi connectivity index (χ0) is 14.7. The molecule has 1 saturated heterocycles. The van der Waals surface area contributed by atoms with Crippen LogP contribution in [0.2, 0.25) is 0 Å². The van der Waals surface area contributed by atoms with Gasteiger partial charge in [0.25, 0.3) is 0 Å². The minimum atomic E-state index is -0.388. The van der Waals surface area contributed by atoms with E-state index >= 15 is 0 Å². The van der Waals surface area contributed by atoms with Crippen molar-refractivity contribution in [3.05, 3.63) is 40.9 Å². The Morgan fingerprint density at radius 1 is 1.24 bits per heavy atom. The van der Waals surface area contributed by atoms with Gasteiger partial charge < -0.3 is 10.0 Å². The molecule has 0 amide bonds. The smallest absolute Gasteiger partial charge is 0.123 e. The minimum absolute atomic E-state index is 0.388. The number of hydrogen-bond donors (Lipinski definition) is 1. The monoisotopic (exact) mass is 302 g/mol. The summed E-state index contributed by atoms with van der Waals surface area (Å²) in [5.74, 6) is 0. The zero-order valence-electron chi connectivity index (χ0n) is 12.5. The molecule has 1 aromatic heterocycles. The highest BCUT2D eigenvalue weighted by Crippen LogP contribution is 2.33. The van der Waals surface area contributed by atoms with Gasteiger partial charge in [0.15, 0.2) is 0 Å². The summed E-state index contributed by atoms with van der Waals surface area (Å²) in [6, 6.07) is 10.2. The molecule has 0 saturated carbocycles. The molecule has 112 valence electrons. The van der Waals surface area contributed by atoms with Gasteiger partial charge in [-0.05, 0) is 39.3 Å². The highest BCUT2D eigenvalue weighted by molar-refractivity contribution is 7.15. The van der Waals surface area contributed by atoms with E-state index in [9.17, 15) is 5.11 Å². The van der Waals surface area contributed by atoms with Gasteiger partial charge in [-0.2, -0.15) is 0 Å². The first-order valence-corrected chi connectivity index (χ1v) is 8.49. The van der Waals surface area contributed by atoms with Crippen molar-refractivity contribution in [3.8, 4) is 10.6 Å². The van der Waals surface area contributed by atoms with E-state index < -0.39 is 0 Å². The molecular formula is C17H22N2OS. The van der Waals surface area contributed by atoms with E-state index in [0.717, 1.165) is 34.1 Å². The fourth-order valence-corrected chi connectivity index (χ4v) is 3.96. The maximum absolute atomic E-state index is 10.5. The Balaban J connectivity index is 1.68. The molecule has 1 N–H and O–H groups in total. The van der Waals surface area contributed by atoms with Crippen LogP contribution in [0.25, 0.3) is 10.6 Å². The molecule has 3 nitrogen and oxygen atoms in total. The molecule has 0 aliphatic carbocycles. The van der Waals surface area contributed by atoms with Crippen molar-refractivity contribution < 1.29 is 5.11 Å². The lowest BCUT2D eigenvalue weighted by Gasteiger charge is -2.16. The van der Waals surface area contributed by atoms with Gasteiger partial charge in [-0.15, -0.1) is 11.3 Å². The van der Waals surface area contributed by atoms with Crippen molar-refractivity contribution in [2.24, 2.45) is 0 Å². The standard InChI is InChI=1S/C17H22N2OS/c1-13-16(15(20)9-12-19-10-5-6-11-19)21-17(18-13)14-7-3-2-4-8-14/h2-4,7-8,15,20H,5-6,9-12H2,1H3. The number of aromatic nitrogens is 1. The second-order valence-corrected chi connectivity index (χ2v) is 6.72. The Morgan fingerprint density at radius 3 is 2.67 bits per heavy atom. The third-order valence-electron chi connectivity index (χ3n) is 4.07. The molecule has 1 fully saturated rings. The van der Waals surface area contributed by atoms with Crippen LogP contribution in [0, 0.1) is 6.92 Å². The molecule has 1 aliphatic heterocycles. The van der Waals surface area contributed by atoms with E-state index in [1.807, 2.05) is 25.1 Å². The lowest BCUT2D eigenvalue weighted by Crippen LogP contribution is -2.22. The molecule has 1 aliphatic rings. The predicted molar refractivity (Wildman–Crippen MR) is 87.5 cm³/mol. The zero-order valence-corrected chi connectivity index (χ0v) is 13.3. The summed E-state index contributed by atoms with van der Waals surface area (Å²) in [7, 11) is 0. The molecule has 21 heavy (non-hydrogen) atoms. The summed E-state index contributed by atoms with van der Waals surface area (Å²) in [6.07, 6.45) is 3.01. The summed E-state index contributed by atoms with van der Waals surface area (Å²) in [5.41, 5.74) is 2.09. The molecule has 0 spiro atoms. The van der Waals surface area contributed by atoms with E-state index in [1.54, 1.807) is 11.3 Å². The van der Waals surface area contributed by atoms with Crippen LogP contribution in [-0.2, 0) is 0 Å². The first-order valence-electron chi connectivity index (χ1n) is 7.67. The van der Waals surface area contributed by atoms with Crippen LogP contribution < -0.4 is 0 Å². The molecule has 2 heterocycles. The Kier molecular flexibility index (Phi) is 4.68. The third-order valence-corrected chi connectivity index (χ3v) is 5.38. The number of benzene rings is 1. The lowest BCUT2D eigenvalue weighted by atomic mass is 10.2. The number of rotatable bonds is 5. The SMILES string of the molecule is Cc1nc(-c2ccccc2)sc1C(O)CCN1CCCC1. The van der Waals surface area contributed by atoms with Crippen molar-refractivity contribution in [3.63, 3.8) is 0 Å². The maximum atomic E-state index is 10.5. The Hall–Kier alpha value is -1.23. The van der Waals surface area contributed by atoms with Gasteiger partial charge in [0.1, 0.15) is 5.01 Å². The largest absolute Gasteiger partial charge is 0.387 e. The molecule has 1 unspecified atom stereocenters. The van der Waals surface area contributed by atoms with Crippen LogP contribution in [0.1, 0.15) is 35.9 Å². The van der Waals surface area contributed by atoms with E-state index in [0.29, 0.717) is 0 Å². The van der Waals surface area contributed by atoms with E-state index in [2.05, 4.69) is 22.0 Å². The van der Waals surface area contributed by atoms with Gasteiger partial charge in [-0.25, -0.2) is 4.98 Å².